The summed E-state index contributed by atoms with van der Waals surface area (Å²) in [5, 5.41) is 0. The maximum Gasteiger partial charge on any atom is 0.306 e. The monoisotopic (exact) mass is 344 g/mol. The van der Waals surface area contributed by atoms with E-state index in [0.29, 0.717) is 36.7 Å². The fourth-order valence-corrected chi connectivity index (χ4v) is 2.52. The van der Waals surface area contributed by atoms with E-state index in [-0.39, 0.29) is 12.4 Å². The van der Waals surface area contributed by atoms with Crippen LogP contribution in [0.3, 0.4) is 0 Å². The van der Waals surface area contributed by atoms with E-state index >= 15 is 0 Å². The second kappa shape index (κ2) is 9.57. The standard InChI is InChI=1S/C20H24O5/c1-22-17-14-19(24-3)18(23-2)13-16(17)9-10-20(21)25-12-11-15-7-5-4-6-8-15/h4-8,13-14H,9-12H2,1-3H3. The number of methoxy groups -OCH3 is 3. The zero-order valence-corrected chi connectivity index (χ0v) is 14.9. The Kier molecular flexibility index (Phi) is 7.14. The normalized spacial score (nSPS) is 10.2. The highest BCUT2D eigenvalue weighted by molar-refractivity contribution is 5.70. The summed E-state index contributed by atoms with van der Waals surface area (Å²) in [5.74, 6) is 1.63. The average Bonchev–Trinajstić information content (AvgIpc) is 2.66. The third-order valence-electron chi connectivity index (χ3n) is 3.88. The van der Waals surface area contributed by atoms with Crippen LogP contribution in [0.1, 0.15) is 17.5 Å². The second-order valence-electron chi connectivity index (χ2n) is 5.48. The van der Waals surface area contributed by atoms with E-state index in [1.54, 1.807) is 27.4 Å². The molecule has 0 aliphatic rings. The third-order valence-corrected chi connectivity index (χ3v) is 3.88. The van der Waals surface area contributed by atoms with Crippen LogP contribution in [-0.4, -0.2) is 33.9 Å². The van der Waals surface area contributed by atoms with Gasteiger partial charge in [-0.2, -0.15) is 0 Å². The lowest BCUT2D eigenvalue weighted by molar-refractivity contribution is -0.143. The molecule has 0 aromatic heterocycles. The number of hydrogen-bond donors (Lipinski definition) is 0. The topological polar surface area (TPSA) is 54.0 Å². The van der Waals surface area contributed by atoms with Gasteiger partial charge in [0.15, 0.2) is 11.5 Å². The van der Waals surface area contributed by atoms with Gasteiger partial charge in [0.1, 0.15) is 5.75 Å². The minimum atomic E-state index is -0.229. The molecular weight excluding hydrogens is 320 g/mol. The predicted molar refractivity (Wildman–Crippen MR) is 95.5 cm³/mol. The molecule has 0 N–H and O–H groups in total. The van der Waals surface area contributed by atoms with Gasteiger partial charge in [-0.3, -0.25) is 4.79 Å². The summed E-state index contributed by atoms with van der Waals surface area (Å²) in [6, 6.07) is 13.5. The van der Waals surface area contributed by atoms with E-state index in [4.69, 9.17) is 18.9 Å². The molecule has 0 aliphatic heterocycles. The second-order valence-corrected chi connectivity index (χ2v) is 5.48. The van der Waals surface area contributed by atoms with E-state index < -0.39 is 0 Å². The Morgan fingerprint density at radius 3 is 2.12 bits per heavy atom. The Morgan fingerprint density at radius 2 is 1.48 bits per heavy atom. The van der Waals surface area contributed by atoms with Crippen molar-refractivity contribution in [3.63, 3.8) is 0 Å². The molecule has 25 heavy (non-hydrogen) atoms. The maximum absolute atomic E-state index is 12.0. The van der Waals surface area contributed by atoms with Gasteiger partial charge in [-0.25, -0.2) is 0 Å². The summed E-state index contributed by atoms with van der Waals surface area (Å²) in [4.78, 5) is 12.0. The molecule has 0 radical (unpaired) electrons. The van der Waals surface area contributed by atoms with Gasteiger partial charge >= 0.3 is 5.97 Å². The Hall–Kier alpha value is -2.69. The fraction of sp³-hybridized carbons (Fsp3) is 0.350. The van der Waals surface area contributed by atoms with E-state index in [0.717, 1.165) is 11.1 Å². The number of carbonyl (C=O) groups excluding carboxylic acids is 1. The zero-order chi connectivity index (χ0) is 18.1. The molecule has 0 heterocycles. The van der Waals surface area contributed by atoms with Gasteiger partial charge in [0.05, 0.1) is 27.9 Å². The summed E-state index contributed by atoms with van der Waals surface area (Å²) >= 11 is 0. The number of aryl methyl sites for hydroxylation is 1. The Labute approximate surface area is 148 Å². The van der Waals surface area contributed by atoms with E-state index in [1.807, 2.05) is 36.4 Å². The lowest BCUT2D eigenvalue weighted by atomic mass is 10.1. The molecule has 5 heteroatoms. The van der Waals surface area contributed by atoms with Crippen molar-refractivity contribution in [3.05, 3.63) is 53.6 Å². The minimum absolute atomic E-state index is 0.229. The highest BCUT2D eigenvalue weighted by Gasteiger charge is 2.13. The summed E-state index contributed by atoms with van der Waals surface area (Å²) in [6.07, 6.45) is 1.50. The quantitative estimate of drug-likeness (QED) is 0.652. The molecule has 0 amide bonds. The smallest absolute Gasteiger partial charge is 0.306 e. The van der Waals surface area contributed by atoms with Gasteiger partial charge in [-0.05, 0) is 23.6 Å². The van der Waals surface area contributed by atoms with Crippen LogP contribution in [0.2, 0.25) is 0 Å². The van der Waals surface area contributed by atoms with Crippen molar-refractivity contribution in [2.24, 2.45) is 0 Å². The van der Waals surface area contributed by atoms with Crippen molar-refractivity contribution in [2.45, 2.75) is 19.3 Å². The first-order valence-electron chi connectivity index (χ1n) is 8.16. The van der Waals surface area contributed by atoms with Crippen molar-refractivity contribution < 1.29 is 23.7 Å². The molecule has 0 aliphatic carbocycles. The van der Waals surface area contributed by atoms with Crippen LogP contribution in [-0.2, 0) is 22.4 Å². The third kappa shape index (κ3) is 5.41. The number of rotatable bonds is 9. The molecule has 0 atom stereocenters. The molecule has 5 nitrogen and oxygen atoms in total. The number of ether oxygens (including phenoxy) is 4. The molecule has 0 saturated carbocycles. The Morgan fingerprint density at radius 1 is 0.840 bits per heavy atom. The lowest BCUT2D eigenvalue weighted by Gasteiger charge is -2.14. The molecule has 0 saturated heterocycles. The van der Waals surface area contributed by atoms with E-state index in [9.17, 15) is 4.79 Å². The zero-order valence-electron chi connectivity index (χ0n) is 14.9. The number of benzene rings is 2. The molecular formula is C20H24O5. The van der Waals surface area contributed by atoms with Crippen LogP contribution in [0.5, 0.6) is 17.2 Å². The molecule has 0 spiro atoms. The first-order valence-corrected chi connectivity index (χ1v) is 8.16. The molecule has 0 fully saturated rings. The van der Waals surface area contributed by atoms with Gasteiger partial charge in [-0.1, -0.05) is 30.3 Å². The van der Waals surface area contributed by atoms with Crippen molar-refractivity contribution >= 4 is 5.97 Å². The van der Waals surface area contributed by atoms with Crippen LogP contribution in [0.15, 0.2) is 42.5 Å². The van der Waals surface area contributed by atoms with Crippen molar-refractivity contribution in [1.29, 1.82) is 0 Å². The van der Waals surface area contributed by atoms with E-state index in [1.165, 1.54) is 0 Å². The fourth-order valence-electron chi connectivity index (χ4n) is 2.52. The highest BCUT2D eigenvalue weighted by atomic mass is 16.5. The van der Waals surface area contributed by atoms with Gasteiger partial charge < -0.3 is 18.9 Å². The molecule has 2 aromatic carbocycles. The number of esters is 1. The largest absolute Gasteiger partial charge is 0.496 e. The number of hydrogen-bond acceptors (Lipinski definition) is 5. The first-order chi connectivity index (χ1) is 12.2. The van der Waals surface area contributed by atoms with Crippen molar-refractivity contribution in [1.82, 2.24) is 0 Å². The highest BCUT2D eigenvalue weighted by Crippen LogP contribution is 2.35. The predicted octanol–water partition coefficient (Wildman–Crippen LogP) is 3.43. The Bertz CT molecular complexity index is 682. The SMILES string of the molecule is COc1cc(OC)c(OC)cc1CCC(=O)OCCc1ccccc1. The van der Waals surface area contributed by atoms with Crippen LogP contribution in [0, 0.1) is 0 Å². The van der Waals surface area contributed by atoms with Gasteiger partial charge in [0.25, 0.3) is 0 Å². The first kappa shape index (κ1) is 18.6. The maximum atomic E-state index is 12.0. The summed E-state index contributed by atoms with van der Waals surface area (Å²) in [5.41, 5.74) is 2.03. The van der Waals surface area contributed by atoms with Gasteiger partial charge in [0, 0.05) is 18.9 Å². The minimum Gasteiger partial charge on any atom is -0.496 e. The molecule has 2 rings (SSSR count). The summed E-state index contributed by atoms with van der Waals surface area (Å²) < 4.78 is 21.2. The van der Waals surface area contributed by atoms with Crippen LogP contribution < -0.4 is 14.2 Å². The molecule has 2 aromatic rings. The molecule has 0 unspecified atom stereocenters. The Balaban J connectivity index is 1.88. The average molecular weight is 344 g/mol. The number of carbonyl (C=O) groups is 1. The van der Waals surface area contributed by atoms with E-state index in [2.05, 4.69) is 0 Å². The van der Waals surface area contributed by atoms with Crippen LogP contribution >= 0.6 is 0 Å². The summed E-state index contributed by atoms with van der Waals surface area (Å²) in [6.45, 7) is 0.381. The molecule has 0 bridgehead atoms. The lowest BCUT2D eigenvalue weighted by Crippen LogP contribution is -2.09. The van der Waals surface area contributed by atoms with Gasteiger partial charge in [-0.15, -0.1) is 0 Å². The summed E-state index contributed by atoms with van der Waals surface area (Å²) in [7, 11) is 4.73. The van der Waals surface area contributed by atoms with Crippen molar-refractivity contribution in [3.8, 4) is 17.2 Å². The van der Waals surface area contributed by atoms with Gasteiger partial charge in [0.2, 0.25) is 0 Å². The van der Waals surface area contributed by atoms with Crippen LogP contribution in [0.4, 0.5) is 0 Å². The molecule has 134 valence electrons. The van der Waals surface area contributed by atoms with Crippen molar-refractivity contribution in [2.75, 3.05) is 27.9 Å². The van der Waals surface area contributed by atoms with Crippen LogP contribution in [0.25, 0.3) is 0 Å².